The number of hydrogen-bond donors (Lipinski definition) is 1. The summed E-state index contributed by atoms with van der Waals surface area (Å²) >= 11 is 5.84. The molecule has 0 fully saturated rings. The van der Waals surface area contributed by atoms with E-state index < -0.39 is 0 Å². The second kappa shape index (κ2) is 6.04. The Morgan fingerprint density at radius 2 is 2.17 bits per heavy atom. The van der Waals surface area contributed by atoms with Gasteiger partial charge in [0.2, 0.25) is 0 Å². The lowest BCUT2D eigenvalue weighted by Crippen LogP contribution is -2.07. The molecule has 0 radical (unpaired) electrons. The number of pyridine rings is 1. The van der Waals surface area contributed by atoms with Crippen LogP contribution in [0.1, 0.15) is 11.3 Å². The number of hydrogen-bond acceptors (Lipinski definition) is 3. The molecule has 18 heavy (non-hydrogen) atoms. The molecule has 0 amide bonds. The van der Waals surface area contributed by atoms with Crippen molar-refractivity contribution in [3.8, 4) is 6.07 Å². The SMILES string of the molecule is N#Cc1cc(Cl)ccc1NCCc1ccccn1. The van der Waals surface area contributed by atoms with Gasteiger partial charge in [-0.3, -0.25) is 4.98 Å². The molecule has 0 unspecified atom stereocenters. The first kappa shape index (κ1) is 12.4. The van der Waals surface area contributed by atoms with Crippen molar-refractivity contribution in [1.29, 1.82) is 5.26 Å². The first-order valence-corrected chi connectivity index (χ1v) is 6.01. The molecule has 1 N–H and O–H groups in total. The highest BCUT2D eigenvalue weighted by molar-refractivity contribution is 6.30. The lowest BCUT2D eigenvalue weighted by molar-refractivity contribution is 0.961. The molecule has 0 bridgehead atoms. The highest BCUT2D eigenvalue weighted by Gasteiger charge is 2.02. The van der Waals surface area contributed by atoms with E-state index in [1.807, 2.05) is 24.3 Å². The Labute approximate surface area is 111 Å². The minimum Gasteiger partial charge on any atom is -0.384 e. The second-order valence-electron chi connectivity index (χ2n) is 3.80. The van der Waals surface area contributed by atoms with E-state index in [0.29, 0.717) is 10.6 Å². The van der Waals surface area contributed by atoms with Crippen molar-refractivity contribution >= 4 is 17.3 Å². The Morgan fingerprint density at radius 1 is 1.28 bits per heavy atom. The van der Waals surface area contributed by atoms with Crippen molar-refractivity contribution in [3.63, 3.8) is 0 Å². The van der Waals surface area contributed by atoms with Crippen molar-refractivity contribution in [3.05, 3.63) is 58.9 Å². The van der Waals surface area contributed by atoms with E-state index in [1.165, 1.54) is 0 Å². The zero-order valence-corrected chi connectivity index (χ0v) is 10.5. The summed E-state index contributed by atoms with van der Waals surface area (Å²) in [7, 11) is 0. The van der Waals surface area contributed by atoms with E-state index >= 15 is 0 Å². The Morgan fingerprint density at radius 3 is 2.89 bits per heavy atom. The predicted molar refractivity (Wildman–Crippen MR) is 72.6 cm³/mol. The van der Waals surface area contributed by atoms with Crippen LogP contribution in [-0.4, -0.2) is 11.5 Å². The van der Waals surface area contributed by atoms with Crippen molar-refractivity contribution in [2.75, 3.05) is 11.9 Å². The molecule has 4 heteroatoms. The summed E-state index contributed by atoms with van der Waals surface area (Å²) in [4.78, 5) is 4.24. The molecule has 0 aliphatic carbocycles. The van der Waals surface area contributed by atoms with Gasteiger partial charge in [0.05, 0.1) is 11.3 Å². The van der Waals surface area contributed by atoms with E-state index in [9.17, 15) is 0 Å². The van der Waals surface area contributed by atoms with Crippen molar-refractivity contribution in [2.45, 2.75) is 6.42 Å². The van der Waals surface area contributed by atoms with Gasteiger partial charge >= 0.3 is 0 Å². The smallest absolute Gasteiger partial charge is 0.101 e. The number of aromatic nitrogens is 1. The normalized spacial score (nSPS) is 9.78. The first-order chi connectivity index (χ1) is 8.79. The Balaban J connectivity index is 1.97. The molecule has 1 aromatic carbocycles. The molecule has 2 rings (SSSR count). The monoisotopic (exact) mass is 257 g/mol. The number of benzene rings is 1. The van der Waals surface area contributed by atoms with E-state index in [1.54, 1.807) is 18.3 Å². The van der Waals surface area contributed by atoms with Gasteiger partial charge < -0.3 is 5.32 Å². The van der Waals surface area contributed by atoms with Crippen molar-refractivity contribution in [1.82, 2.24) is 4.98 Å². The first-order valence-electron chi connectivity index (χ1n) is 5.63. The number of nitrogens with one attached hydrogen (secondary N) is 1. The van der Waals surface area contributed by atoms with Gasteiger partial charge in [0.15, 0.2) is 0 Å². The van der Waals surface area contributed by atoms with Gasteiger partial charge in [0.25, 0.3) is 0 Å². The quantitative estimate of drug-likeness (QED) is 0.915. The fourth-order valence-electron chi connectivity index (χ4n) is 1.63. The van der Waals surface area contributed by atoms with Crippen LogP contribution in [0.15, 0.2) is 42.6 Å². The molecule has 0 saturated heterocycles. The van der Waals surface area contributed by atoms with Gasteiger partial charge in [-0.1, -0.05) is 17.7 Å². The summed E-state index contributed by atoms with van der Waals surface area (Å²) in [6.45, 7) is 0.729. The minimum atomic E-state index is 0.559. The second-order valence-corrected chi connectivity index (χ2v) is 4.24. The largest absolute Gasteiger partial charge is 0.384 e. The summed E-state index contributed by atoms with van der Waals surface area (Å²) in [5, 5.41) is 12.8. The van der Waals surface area contributed by atoms with Crippen LogP contribution in [0, 0.1) is 11.3 Å². The highest BCUT2D eigenvalue weighted by atomic mass is 35.5. The summed E-state index contributed by atoms with van der Waals surface area (Å²) < 4.78 is 0. The summed E-state index contributed by atoms with van der Waals surface area (Å²) in [6.07, 6.45) is 2.59. The number of nitrogens with zero attached hydrogens (tertiary/aromatic N) is 2. The molecule has 1 aromatic heterocycles. The molecule has 0 atom stereocenters. The van der Waals surface area contributed by atoms with Gasteiger partial charge in [-0.25, -0.2) is 0 Å². The minimum absolute atomic E-state index is 0.559. The number of halogens is 1. The van der Waals surface area contributed by atoms with Gasteiger partial charge in [-0.15, -0.1) is 0 Å². The average molecular weight is 258 g/mol. The van der Waals surface area contributed by atoms with Crippen LogP contribution in [0.2, 0.25) is 5.02 Å². The number of rotatable bonds is 4. The maximum Gasteiger partial charge on any atom is 0.101 e. The molecule has 0 aliphatic heterocycles. The lowest BCUT2D eigenvalue weighted by Gasteiger charge is -2.08. The average Bonchev–Trinajstić information content (AvgIpc) is 2.41. The van der Waals surface area contributed by atoms with Gasteiger partial charge in [0, 0.05) is 29.9 Å². The lowest BCUT2D eigenvalue weighted by atomic mass is 10.2. The third-order valence-corrected chi connectivity index (χ3v) is 2.76. The molecular formula is C14H12ClN3. The molecule has 0 aliphatic rings. The van der Waals surface area contributed by atoms with E-state index in [0.717, 1.165) is 24.3 Å². The molecule has 90 valence electrons. The van der Waals surface area contributed by atoms with Crippen molar-refractivity contribution < 1.29 is 0 Å². The molecule has 0 saturated carbocycles. The van der Waals surface area contributed by atoms with Gasteiger partial charge in [-0.05, 0) is 30.3 Å². The molecule has 1 heterocycles. The van der Waals surface area contributed by atoms with E-state index in [4.69, 9.17) is 16.9 Å². The summed E-state index contributed by atoms with van der Waals surface area (Å²) in [5.74, 6) is 0. The van der Waals surface area contributed by atoms with Crippen LogP contribution < -0.4 is 5.32 Å². The highest BCUT2D eigenvalue weighted by Crippen LogP contribution is 2.19. The van der Waals surface area contributed by atoms with Crippen LogP contribution in [0.5, 0.6) is 0 Å². The molecule has 2 aromatic rings. The molecule has 0 spiro atoms. The van der Waals surface area contributed by atoms with Crippen LogP contribution in [0.25, 0.3) is 0 Å². The van der Waals surface area contributed by atoms with Crippen LogP contribution in [0.3, 0.4) is 0 Å². The standard InChI is InChI=1S/C14H12ClN3/c15-12-4-5-14(11(9-12)10-16)18-8-6-13-3-1-2-7-17-13/h1-5,7,9,18H,6,8H2. The Bertz CT molecular complexity index is 561. The number of anilines is 1. The van der Waals surface area contributed by atoms with Gasteiger partial charge in [0.1, 0.15) is 6.07 Å². The Hall–Kier alpha value is -2.05. The van der Waals surface area contributed by atoms with Crippen LogP contribution in [0.4, 0.5) is 5.69 Å². The maximum atomic E-state index is 9.00. The van der Waals surface area contributed by atoms with Crippen molar-refractivity contribution in [2.24, 2.45) is 0 Å². The zero-order valence-electron chi connectivity index (χ0n) is 9.73. The fourth-order valence-corrected chi connectivity index (χ4v) is 1.81. The van der Waals surface area contributed by atoms with Crippen LogP contribution in [-0.2, 0) is 6.42 Å². The molecular weight excluding hydrogens is 246 g/mol. The molecule has 3 nitrogen and oxygen atoms in total. The third-order valence-electron chi connectivity index (χ3n) is 2.52. The van der Waals surface area contributed by atoms with Crippen LogP contribution >= 0.6 is 11.6 Å². The van der Waals surface area contributed by atoms with Gasteiger partial charge in [-0.2, -0.15) is 5.26 Å². The Kier molecular flexibility index (Phi) is 4.16. The maximum absolute atomic E-state index is 9.00. The zero-order chi connectivity index (χ0) is 12.8. The van der Waals surface area contributed by atoms with E-state index in [2.05, 4.69) is 16.4 Å². The van der Waals surface area contributed by atoms with E-state index in [-0.39, 0.29) is 0 Å². The predicted octanol–water partition coefficient (Wildman–Crippen LogP) is 3.26. The topological polar surface area (TPSA) is 48.7 Å². The third kappa shape index (κ3) is 3.22. The number of nitriles is 1. The summed E-state index contributed by atoms with van der Waals surface area (Å²) in [6, 6.07) is 13.2. The fraction of sp³-hybridized carbons (Fsp3) is 0.143. The summed E-state index contributed by atoms with van der Waals surface area (Å²) in [5.41, 5.74) is 2.39.